The number of amides is 1. The van der Waals surface area contributed by atoms with Crippen LogP contribution < -0.4 is 14.8 Å². The van der Waals surface area contributed by atoms with Crippen LogP contribution in [0.15, 0.2) is 39.4 Å². The molecule has 3 rings (SSSR count). The van der Waals surface area contributed by atoms with E-state index in [1.165, 1.54) is 20.4 Å². The molecule has 0 radical (unpaired) electrons. The number of hydrogen-bond acceptors (Lipinski definition) is 8. The highest BCUT2D eigenvalue weighted by Crippen LogP contribution is 2.28. The number of benzene rings is 1. The highest BCUT2D eigenvalue weighted by molar-refractivity contribution is 6.03. The number of anilines is 1. The van der Waals surface area contributed by atoms with Crippen molar-refractivity contribution in [3.05, 3.63) is 36.0 Å². The summed E-state index contributed by atoms with van der Waals surface area (Å²) in [7, 11) is 3.00. The van der Waals surface area contributed by atoms with Gasteiger partial charge in [0.15, 0.2) is 11.5 Å². The topological polar surface area (TPSA) is 113 Å². The van der Waals surface area contributed by atoms with E-state index in [1.54, 1.807) is 24.3 Å². The Labute approximate surface area is 130 Å². The van der Waals surface area contributed by atoms with Crippen LogP contribution in [0, 0.1) is 0 Å². The minimum atomic E-state index is -0.432. The summed E-state index contributed by atoms with van der Waals surface area (Å²) in [5, 5.41) is 13.5. The minimum absolute atomic E-state index is 0.0591. The summed E-state index contributed by atoms with van der Waals surface area (Å²) in [5.74, 6) is 0.954. The molecule has 0 bridgehead atoms. The Balaban J connectivity index is 1.77. The normalized spacial score (nSPS) is 10.3. The maximum Gasteiger partial charge on any atom is 0.322 e. The summed E-state index contributed by atoms with van der Waals surface area (Å²) in [6, 6.07) is 6.26. The number of carbonyl (C=O) groups excluding carboxylic acids is 1. The average Bonchev–Trinajstić information content (AvgIpc) is 3.25. The molecule has 1 aromatic carbocycles. The molecule has 1 amide bonds. The summed E-state index contributed by atoms with van der Waals surface area (Å²) in [5.41, 5.74) is 0.349. The van der Waals surface area contributed by atoms with Gasteiger partial charge in [0.2, 0.25) is 5.76 Å². The first-order valence-electron chi connectivity index (χ1n) is 6.49. The fourth-order valence-corrected chi connectivity index (χ4v) is 1.85. The molecule has 9 nitrogen and oxygen atoms in total. The Morgan fingerprint density at radius 3 is 2.65 bits per heavy atom. The van der Waals surface area contributed by atoms with Crippen molar-refractivity contribution in [1.29, 1.82) is 0 Å². The van der Waals surface area contributed by atoms with Gasteiger partial charge in [0.25, 0.3) is 11.8 Å². The highest BCUT2D eigenvalue weighted by atomic mass is 16.5. The molecule has 0 aliphatic carbocycles. The lowest BCUT2D eigenvalue weighted by Gasteiger charge is -2.08. The Morgan fingerprint density at radius 1 is 1.13 bits per heavy atom. The van der Waals surface area contributed by atoms with E-state index in [1.807, 2.05) is 0 Å². The Morgan fingerprint density at radius 2 is 1.96 bits per heavy atom. The Bertz CT molecular complexity index is 812. The summed E-state index contributed by atoms with van der Waals surface area (Å²) in [6.07, 6.45) is 1.45. The molecule has 3 aromatic rings. The molecule has 0 saturated carbocycles. The smallest absolute Gasteiger partial charge is 0.322 e. The van der Waals surface area contributed by atoms with Crippen molar-refractivity contribution in [3.63, 3.8) is 0 Å². The van der Waals surface area contributed by atoms with Crippen molar-refractivity contribution in [2.75, 3.05) is 19.5 Å². The van der Waals surface area contributed by atoms with Crippen LogP contribution in [0.5, 0.6) is 11.5 Å². The molecule has 9 heteroatoms. The van der Waals surface area contributed by atoms with Gasteiger partial charge in [-0.15, -0.1) is 5.10 Å². The van der Waals surface area contributed by atoms with Crippen LogP contribution in [-0.2, 0) is 0 Å². The molecule has 0 saturated heterocycles. The monoisotopic (exact) mass is 316 g/mol. The molecule has 0 atom stereocenters. The maximum atomic E-state index is 12.2. The van der Waals surface area contributed by atoms with Crippen LogP contribution in [0.25, 0.3) is 11.7 Å². The molecule has 2 heterocycles. The average molecular weight is 316 g/mol. The summed E-state index contributed by atoms with van der Waals surface area (Å²) < 4.78 is 20.4. The molecule has 2 aromatic heterocycles. The Kier molecular flexibility index (Phi) is 3.91. The quantitative estimate of drug-likeness (QED) is 0.760. The van der Waals surface area contributed by atoms with Crippen LogP contribution in [0.3, 0.4) is 0 Å². The lowest BCUT2D eigenvalue weighted by molar-refractivity contribution is 0.102. The number of methoxy groups -OCH3 is 2. The summed E-state index contributed by atoms with van der Waals surface area (Å²) >= 11 is 0. The summed E-state index contributed by atoms with van der Waals surface area (Å²) in [4.78, 5) is 12.2. The van der Waals surface area contributed by atoms with Crippen molar-refractivity contribution >= 4 is 11.9 Å². The van der Waals surface area contributed by atoms with Gasteiger partial charge >= 0.3 is 6.01 Å². The standard InChI is InChI=1S/C14H12N4O5/c1-20-9-4-3-8(7-11(9)21-2)12(19)16-14-18-17-13(22-14)10-5-6-15-23-10/h3-7H,1-2H3,(H,16,18,19). The van der Waals surface area contributed by atoms with E-state index < -0.39 is 5.91 Å². The van der Waals surface area contributed by atoms with E-state index in [9.17, 15) is 4.79 Å². The van der Waals surface area contributed by atoms with Crippen LogP contribution in [0.2, 0.25) is 0 Å². The molecule has 0 spiro atoms. The molecular weight excluding hydrogens is 304 g/mol. The van der Waals surface area contributed by atoms with Gasteiger partial charge in [0.05, 0.1) is 20.4 Å². The SMILES string of the molecule is COc1ccc(C(=O)Nc2nnc(-c3ccno3)o2)cc1OC. The molecule has 0 fully saturated rings. The molecular formula is C14H12N4O5. The number of carbonyl (C=O) groups is 1. The lowest BCUT2D eigenvalue weighted by atomic mass is 10.2. The van der Waals surface area contributed by atoms with Gasteiger partial charge in [-0.25, -0.2) is 0 Å². The zero-order chi connectivity index (χ0) is 16.2. The number of ether oxygens (including phenoxy) is 2. The second kappa shape index (κ2) is 6.18. The third-order valence-electron chi connectivity index (χ3n) is 2.94. The molecule has 0 aliphatic rings. The van der Waals surface area contributed by atoms with Crippen LogP contribution in [0.1, 0.15) is 10.4 Å². The predicted molar refractivity (Wildman–Crippen MR) is 77.3 cm³/mol. The first-order chi connectivity index (χ1) is 11.2. The van der Waals surface area contributed by atoms with Crippen molar-refractivity contribution in [1.82, 2.24) is 15.4 Å². The van der Waals surface area contributed by atoms with Gasteiger partial charge in [-0.2, -0.15) is 0 Å². The summed E-state index contributed by atoms with van der Waals surface area (Å²) in [6.45, 7) is 0. The zero-order valence-electron chi connectivity index (χ0n) is 12.3. The zero-order valence-corrected chi connectivity index (χ0v) is 12.3. The van der Waals surface area contributed by atoms with Crippen molar-refractivity contribution < 1.29 is 23.2 Å². The largest absolute Gasteiger partial charge is 0.493 e. The lowest BCUT2D eigenvalue weighted by Crippen LogP contribution is -2.12. The van der Waals surface area contributed by atoms with E-state index in [4.69, 9.17) is 18.4 Å². The maximum absolute atomic E-state index is 12.2. The fourth-order valence-electron chi connectivity index (χ4n) is 1.85. The second-order valence-corrected chi connectivity index (χ2v) is 4.31. The molecule has 23 heavy (non-hydrogen) atoms. The van der Waals surface area contributed by atoms with E-state index in [2.05, 4.69) is 20.7 Å². The predicted octanol–water partition coefficient (Wildman–Crippen LogP) is 1.99. The van der Waals surface area contributed by atoms with Gasteiger partial charge in [-0.3, -0.25) is 10.1 Å². The van der Waals surface area contributed by atoms with E-state index in [0.29, 0.717) is 22.8 Å². The first-order valence-corrected chi connectivity index (χ1v) is 6.49. The van der Waals surface area contributed by atoms with Crippen LogP contribution in [0.4, 0.5) is 6.01 Å². The van der Waals surface area contributed by atoms with Crippen LogP contribution >= 0.6 is 0 Å². The molecule has 1 N–H and O–H groups in total. The fraction of sp³-hybridized carbons (Fsp3) is 0.143. The number of nitrogens with zero attached hydrogens (tertiary/aromatic N) is 3. The van der Waals surface area contributed by atoms with Gasteiger partial charge in [0, 0.05) is 11.6 Å². The molecule has 0 unspecified atom stereocenters. The minimum Gasteiger partial charge on any atom is -0.493 e. The van der Waals surface area contributed by atoms with Gasteiger partial charge in [0.1, 0.15) is 0 Å². The van der Waals surface area contributed by atoms with E-state index >= 15 is 0 Å². The van der Waals surface area contributed by atoms with Gasteiger partial charge in [-0.05, 0) is 18.2 Å². The third-order valence-corrected chi connectivity index (χ3v) is 2.94. The third kappa shape index (κ3) is 2.98. The van der Waals surface area contributed by atoms with E-state index in [0.717, 1.165) is 0 Å². The molecule has 0 aliphatic heterocycles. The second-order valence-electron chi connectivity index (χ2n) is 4.31. The van der Waals surface area contributed by atoms with E-state index in [-0.39, 0.29) is 11.9 Å². The number of aromatic nitrogens is 3. The molecule has 118 valence electrons. The van der Waals surface area contributed by atoms with Crippen molar-refractivity contribution in [2.45, 2.75) is 0 Å². The van der Waals surface area contributed by atoms with Gasteiger partial charge in [-0.1, -0.05) is 10.3 Å². The number of rotatable bonds is 5. The number of nitrogens with one attached hydrogen (secondary N) is 1. The van der Waals surface area contributed by atoms with Crippen LogP contribution in [-0.4, -0.2) is 35.5 Å². The Hall–Kier alpha value is -3.36. The van der Waals surface area contributed by atoms with Crippen molar-refractivity contribution in [3.8, 4) is 23.1 Å². The number of hydrogen-bond donors (Lipinski definition) is 1. The van der Waals surface area contributed by atoms with Gasteiger partial charge < -0.3 is 18.4 Å². The van der Waals surface area contributed by atoms with Crippen molar-refractivity contribution in [2.24, 2.45) is 0 Å². The highest BCUT2D eigenvalue weighted by Gasteiger charge is 2.16. The first kappa shape index (κ1) is 14.6.